The Morgan fingerprint density at radius 2 is 2.10 bits per heavy atom. The Balaban J connectivity index is 2.37. The van der Waals surface area contributed by atoms with Crippen LogP contribution in [0.15, 0.2) is 24.4 Å². The number of aromatic nitrogens is 2. The minimum absolute atomic E-state index is 0.842. The first-order valence-corrected chi connectivity index (χ1v) is 7.04. The predicted octanol–water partition coefficient (Wildman–Crippen LogP) is 2.90. The molecule has 4 heteroatoms. The lowest BCUT2D eigenvalue weighted by Crippen LogP contribution is -2.14. The summed E-state index contributed by atoms with van der Waals surface area (Å²) in [6, 6.07) is 6.22. The zero-order valence-electron chi connectivity index (χ0n) is 12.7. The third-order valence-electron chi connectivity index (χ3n) is 3.36. The Morgan fingerprint density at radius 3 is 2.70 bits per heavy atom. The lowest BCUT2D eigenvalue weighted by molar-refractivity contribution is 0.414. The fourth-order valence-corrected chi connectivity index (χ4v) is 2.37. The standard InChI is InChI=1S/C16H23N3O/c1-5-8-17-10-13-9-14(20-4)6-7-15(13)16-11-19(3)18-12(16)2/h6-7,9,11,17H,5,8,10H2,1-4H3. The highest BCUT2D eigenvalue weighted by Gasteiger charge is 2.11. The molecule has 0 radical (unpaired) electrons. The Morgan fingerprint density at radius 1 is 1.30 bits per heavy atom. The minimum Gasteiger partial charge on any atom is -0.497 e. The molecule has 4 nitrogen and oxygen atoms in total. The highest BCUT2D eigenvalue weighted by Crippen LogP contribution is 2.29. The van der Waals surface area contributed by atoms with E-state index in [9.17, 15) is 0 Å². The van der Waals surface area contributed by atoms with Crippen molar-refractivity contribution in [2.75, 3.05) is 13.7 Å². The first-order chi connectivity index (χ1) is 9.65. The van der Waals surface area contributed by atoms with E-state index in [1.165, 1.54) is 16.7 Å². The monoisotopic (exact) mass is 273 g/mol. The first kappa shape index (κ1) is 14.6. The number of aryl methyl sites for hydroxylation is 2. The highest BCUT2D eigenvalue weighted by molar-refractivity contribution is 5.69. The average Bonchev–Trinajstić information content (AvgIpc) is 2.77. The molecule has 0 aliphatic heterocycles. The van der Waals surface area contributed by atoms with Gasteiger partial charge in [0.15, 0.2) is 0 Å². The van der Waals surface area contributed by atoms with Crippen molar-refractivity contribution in [3.63, 3.8) is 0 Å². The maximum atomic E-state index is 5.34. The van der Waals surface area contributed by atoms with E-state index in [0.29, 0.717) is 0 Å². The molecule has 0 aliphatic carbocycles. The van der Waals surface area contributed by atoms with Gasteiger partial charge >= 0.3 is 0 Å². The molecular weight excluding hydrogens is 250 g/mol. The topological polar surface area (TPSA) is 39.1 Å². The smallest absolute Gasteiger partial charge is 0.119 e. The molecule has 0 saturated carbocycles. The summed E-state index contributed by atoms with van der Waals surface area (Å²) in [6.07, 6.45) is 3.20. The van der Waals surface area contributed by atoms with Crippen molar-refractivity contribution in [1.82, 2.24) is 15.1 Å². The van der Waals surface area contributed by atoms with E-state index in [2.05, 4.69) is 35.7 Å². The van der Waals surface area contributed by atoms with E-state index in [-0.39, 0.29) is 0 Å². The molecular formula is C16H23N3O. The van der Waals surface area contributed by atoms with Gasteiger partial charge in [0.2, 0.25) is 0 Å². The number of rotatable bonds is 6. The fraction of sp³-hybridized carbons (Fsp3) is 0.438. The molecule has 0 aliphatic rings. The largest absolute Gasteiger partial charge is 0.497 e. The van der Waals surface area contributed by atoms with Gasteiger partial charge in [-0.05, 0) is 43.1 Å². The summed E-state index contributed by atoms with van der Waals surface area (Å²) in [7, 11) is 3.66. The van der Waals surface area contributed by atoms with Gasteiger partial charge in [-0.25, -0.2) is 0 Å². The fourth-order valence-electron chi connectivity index (χ4n) is 2.37. The van der Waals surface area contributed by atoms with Crippen LogP contribution in [0.3, 0.4) is 0 Å². The number of benzene rings is 1. The number of ether oxygens (including phenoxy) is 1. The van der Waals surface area contributed by atoms with Gasteiger partial charge in [-0.3, -0.25) is 4.68 Å². The Kier molecular flexibility index (Phi) is 4.79. The molecule has 108 valence electrons. The van der Waals surface area contributed by atoms with E-state index in [0.717, 1.165) is 31.0 Å². The van der Waals surface area contributed by atoms with Crippen LogP contribution in [0.25, 0.3) is 11.1 Å². The van der Waals surface area contributed by atoms with Crippen molar-refractivity contribution in [3.05, 3.63) is 35.7 Å². The van der Waals surface area contributed by atoms with Crippen molar-refractivity contribution in [3.8, 4) is 16.9 Å². The molecule has 1 heterocycles. The molecule has 2 rings (SSSR count). The van der Waals surface area contributed by atoms with Crippen LogP contribution in [0.4, 0.5) is 0 Å². The van der Waals surface area contributed by atoms with Gasteiger partial charge in [-0.15, -0.1) is 0 Å². The van der Waals surface area contributed by atoms with E-state index in [4.69, 9.17) is 4.74 Å². The van der Waals surface area contributed by atoms with Gasteiger partial charge in [-0.1, -0.05) is 13.0 Å². The second kappa shape index (κ2) is 6.57. The molecule has 1 aromatic carbocycles. The molecule has 20 heavy (non-hydrogen) atoms. The van der Waals surface area contributed by atoms with Crippen molar-refractivity contribution < 1.29 is 4.74 Å². The predicted molar refractivity (Wildman–Crippen MR) is 81.9 cm³/mol. The van der Waals surface area contributed by atoms with Crippen LogP contribution >= 0.6 is 0 Å². The van der Waals surface area contributed by atoms with E-state index in [1.807, 2.05) is 24.7 Å². The maximum absolute atomic E-state index is 5.34. The SMILES string of the molecule is CCCNCc1cc(OC)ccc1-c1cn(C)nc1C. The van der Waals surface area contributed by atoms with Gasteiger partial charge in [0.25, 0.3) is 0 Å². The van der Waals surface area contributed by atoms with Crippen LogP contribution in [-0.4, -0.2) is 23.4 Å². The van der Waals surface area contributed by atoms with Gasteiger partial charge in [0.1, 0.15) is 5.75 Å². The summed E-state index contributed by atoms with van der Waals surface area (Å²) in [6.45, 7) is 6.07. The highest BCUT2D eigenvalue weighted by atomic mass is 16.5. The van der Waals surface area contributed by atoms with Crippen LogP contribution in [0.1, 0.15) is 24.6 Å². The third kappa shape index (κ3) is 3.20. The summed E-state index contributed by atoms with van der Waals surface area (Å²) < 4.78 is 7.20. The molecule has 2 aromatic rings. The molecule has 0 unspecified atom stereocenters. The van der Waals surface area contributed by atoms with Crippen LogP contribution in [0.5, 0.6) is 5.75 Å². The molecule has 0 amide bonds. The lowest BCUT2D eigenvalue weighted by atomic mass is 10.00. The van der Waals surface area contributed by atoms with Crippen molar-refractivity contribution >= 4 is 0 Å². The number of hydrogen-bond acceptors (Lipinski definition) is 3. The van der Waals surface area contributed by atoms with Crippen LogP contribution in [-0.2, 0) is 13.6 Å². The second-order valence-electron chi connectivity index (χ2n) is 5.00. The Hall–Kier alpha value is -1.81. The molecule has 1 aromatic heterocycles. The minimum atomic E-state index is 0.842. The number of hydrogen-bond donors (Lipinski definition) is 1. The zero-order chi connectivity index (χ0) is 14.5. The maximum Gasteiger partial charge on any atom is 0.119 e. The van der Waals surface area contributed by atoms with Crippen LogP contribution in [0, 0.1) is 6.92 Å². The normalized spacial score (nSPS) is 10.8. The summed E-state index contributed by atoms with van der Waals surface area (Å²) in [5, 5.41) is 7.89. The van der Waals surface area contributed by atoms with E-state index < -0.39 is 0 Å². The zero-order valence-corrected chi connectivity index (χ0v) is 12.7. The Bertz CT molecular complexity index is 575. The van der Waals surface area contributed by atoms with Crippen molar-refractivity contribution in [1.29, 1.82) is 0 Å². The van der Waals surface area contributed by atoms with Gasteiger partial charge < -0.3 is 10.1 Å². The summed E-state index contributed by atoms with van der Waals surface area (Å²) in [5.74, 6) is 0.892. The number of nitrogens with one attached hydrogen (secondary N) is 1. The second-order valence-corrected chi connectivity index (χ2v) is 5.00. The molecule has 1 N–H and O–H groups in total. The number of methoxy groups -OCH3 is 1. The molecule has 0 atom stereocenters. The van der Waals surface area contributed by atoms with E-state index in [1.54, 1.807) is 7.11 Å². The van der Waals surface area contributed by atoms with Gasteiger partial charge in [0.05, 0.1) is 12.8 Å². The van der Waals surface area contributed by atoms with Crippen LogP contribution < -0.4 is 10.1 Å². The summed E-state index contributed by atoms with van der Waals surface area (Å²) >= 11 is 0. The van der Waals surface area contributed by atoms with Gasteiger partial charge in [0, 0.05) is 25.4 Å². The van der Waals surface area contributed by atoms with Gasteiger partial charge in [-0.2, -0.15) is 5.10 Å². The van der Waals surface area contributed by atoms with Crippen LogP contribution in [0.2, 0.25) is 0 Å². The Labute approximate surface area is 120 Å². The molecule has 0 bridgehead atoms. The van der Waals surface area contributed by atoms with Crippen molar-refractivity contribution in [2.24, 2.45) is 7.05 Å². The summed E-state index contributed by atoms with van der Waals surface area (Å²) in [5.41, 5.74) is 4.70. The molecule has 0 fully saturated rings. The molecule has 0 spiro atoms. The number of nitrogens with zero attached hydrogens (tertiary/aromatic N) is 2. The lowest BCUT2D eigenvalue weighted by Gasteiger charge is -2.12. The quantitative estimate of drug-likeness (QED) is 0.823. The molecule has 0 saturated heterocycles. The summed E-state index contributed by atoms with van der Waals surface area (Å²) in [4.78, 5) is 0. The van der Waals surface area contributed by atoms with Crippen molar-refractivity contribution in [2.45, 2.75) is 26.8 Å². The third-order valence-corrected chi connectivity index (χ3v) is 3.36. The van der Waals surface area contributed by atoms with E-state index >= 15 is 0 Å². The first-order valence-electron chi connectivity index (χ1n) is 7.04. The average molecular weight is 273 g/mol.